The molecule has 2 fully saturated rings. The van der Waals surface area contributed by atoms with Gasteiger partial charge in [-0.3, -0.25) is 9.89 Å². The van der Waals surface area contributed by atoms with Crippen molar-refractivity contribution in [2.45, 2.75) is 50.6 Å². The maximum Gasteiger partial charge on any atom is 0.191 e. The number of aliphatic imine (C=N–C) groups is 1. The quantitative estimate of drug-likeness (QED) is 0.322. The lowest BCUT2D eigenvalue weighted by molar-refractivity contribution is 0.246. The average molecular weight is 506 g/mol. The molecular formula is C20H36IN5S. The van der Waals surface area contributed by atoms with E-state index in [0.717, 1.165) is 31.6 Å². The molecule has 3 rings (SSSR count). The highest BCUT2D eigenvalue weighted by atomic mass is 127. The van der Waals surface area contributed by atoms with Crippen LogP contribution in [-0.2, 0) is 0 Å². The third kappa shape index (κ3) is 6.87. The van der Waals surface area contributed by atoms with Gasteiger partial charge in [0.05, 0.1) is 6.04 Å². The summed E-state index contributed by atoms with van der Waals surface area (Å²) in [7, 11) is 4.13. The molecule has 1 saturated heterocycles. The fraction of sp³-hybridized carbons (Fsp3) is 0.750. The monoisotopic (exact) mass is 505 g/mol. The minimum absolute atomic E-state index is 0. The molecule has 0 bridgehead atoms. The summed E-state index contributed by atoms with van der Waals surface area (Å²) in [6, 6.07) is 5.67. The van der Waals surface area contributed by atoms with Crippen LogP contribution in [0.3, 0.4) is 0 Å². The predicted octanol–water partition coefficient (Wildman–Crippen LogP) is 3.54. The largest absolute Gasteiger partial charge is 0.355 e. The van der Waals surface area contributed by atoms with Crippen molar-refractivity contribution < 1.29 is 0 Å². The summed E-state index contributed by atoms with van der Waals surface area (Å²) in [4.78, 5) is 11.0. The Morgan fingerprint density at radius 2 is 2.00 bits per heavy atom. The number of hydrogen-bond donors (Lipinski definition) is 2. The van der Waals surface area contributed by atoms with E-state index in [2.05, 4.69) is 50.0 Å². The van der Waals surface area contributed by atoms with Crippen molar-refractivity contribution in [2.75, 3.05) is 46.8 Å². The molecule has 7 heteroatoms. The number of guanidine groups is 1. The van der Waals surface area contributed by atoms with E-state index in [1.807, 2.05) is 18.4 Å². The van der Waals surface area contributed by atoms with Crippen LogP contribution < -0.4 is 10.6 Å². The van der Waals surface area contributed by atoms with Gasteiger partial charge in [-0.25, -0.2) is 0 Å². The topological polar surface area (TPSA) is 42.9 Å². The Bertz CT molecular complexity index is 539. The molecule has 1 unspecified atom stereocenters. The average Bonchev–Trinajstić information content (AvgIpc) is 3.43. The SMILES string of the molecule is CN=C(NCCN(C)C1CCCC1)NCC(c1cccs1)N1CCCC1.I. The zero-order valence-corrected chi connectivity index (χ0v) is 20.0. The van der Waals surface area contributed by atoms with Crippen LogP contribution in [0.15, 0.2) is 22.5 Å². The van der Waals surface area contributed by atoms with E-state index in [9.17, 15) is 0 Å². The van der Waals surface area contributed by atoms with Crippen LogP contribution in [0.4, 0.5) is 0 Å². The summed E-state index contributed by atoms with van der Waals surface area (Å²) in [6.07, 6.45) is 8.16. The summed E-state index contributed by atoms with van der Waals surface area (Å²) in [5, 5.41) is 9.25. The van der Waals surface area contributed by atoms with Gasteiger partial charge in [-0.05, 0) is 57.3 Å². The van der Waals surface area contributed by atoms with Gasteiger partial charge in [0, 0.05) is 37.6 Å². The van der Waals surface area contributed by atoms with Crippen molar-refractivity contribution in [3.8, 4) is 0 Å². The zero-order chi connectivity index (χ0) is 18.2. The van der Waals surface area contributed by atoms with Crippen LogP contribution in [0, 0.1) is 0 Å². The number of nitrogens with one attached hydrogen (secondary N) is 2. The molecule has 2 heterocycles. The smallest absolute Gasteiger partial charge is 0.191 e. The van der Waals surface area contributed by atoms with Crippen LogP contribution in [0.5, 0.6) is 0 Å². The van der Waals surface area contributed by atoms with Gasteiger partial charge < -0.3 is 15.5 Å². The molecule has 1 aromatic rings. The molecule has 0 aromatic carbocycles. The number of nitrogens with zero attached hydrogens (tertiary/aromatic N) is 3. The van der Waals surface area contributed by atoms with Crippen LogP contribution >= 0.6 is 35.3 Å². The van der Waals surface area contributed by atoms with Gasteiger partial charge >= 0.3 is 0 Å². The molecule has 1 atom stereocenters. The van der Waals surface area contributed by atoms with Gasteiger partial charge in [-0.2, -0.15) is 0 Å². The van der Waals surface area contributed by atoms with Crippen LogP contribution in [0.25, 0.3) is 0 Å². The van der Waals surface area contributed by atoms with Crippen LogP contribution in [-0.4, -0.2) is 68.6 Å². The van der Waals surface area contributed by atoms with Gasteiger partial charge in [0.15, 0.2) is 5.96 Å². The maximum absolute atomic E-state index is 4.42. The molecule has 27 heavy (non-hydrogen) atoms. The van der Waals surface area contributed by atoms with Crippen molar-refractivity contribution in [3.05, 3.63) is 22.4 Å². The molecule has 1 aliphatic carbocycles. The minimum atomic E-state index is 0. The van der Waals surface area contributed by atoms with Gasteiger partial charge in [0.25, 0.3) is 0 Å². The number of halogens is 1. The Labute approximate surface area is 186 Å². The Morgan fingerprint density at radius 3 is 2.63 bits per heavy atom. The second kappa shape index (κ2) is 12.2. The summed E-state index contributed by atoms with van der Waals surface area (Å²) in [5.74, 6) is 0.922. The Balaban J connectivity index is 0.00000261. The number of hydrogen-bond acceptors (Lipinski definition) is 4. The lowest BCUT2D eigenvalue weighted by Gasteiger charge is -2.28. The second-order valence-electron chi connectivity index (χ2n) is 7.57. The van der Waals surface area contributed by atoms with Gasteiger partial charge in [-0.15, -0.1) is 35.3 Å². The number of rotatable bonds is 8. The Hall–Kier alpha value is -0.380. The molecule has 1 saturated carbocycles. The molecule has 2 N–H and O–H groups in total. The highest BCUT2D eigenvalue weighted by Gasteiger charge is 2.24. The van der Waals surface area contributed by atoms with Crippen molar-refractivity contribution in [1.82, 2.24) is 20.4 Å². The van der Waals surface area contributed by atoms with Crippen molar-refractivity contribution in [3.63, 3.8) is 0 Å². The van der Waals surface area contributed by atoms with Gasteiger partial charge in [0.1, 0.15) is 0 Å². The lowest BCUT2D eigenvalue weighted by Crippen LogP contribution is -2.45. The van der Waals surface area contributed by atoms with Crippen molar-refractivity contribution >= 4 is 41.3 Å². The summed E-state index contributed by atoms with van der Waals surface area (Å²) in [6.45, 7) is 5.36. The molecule has 154 valence electrons. The molecule has 1 aromatic heterocycles. The van der Waals surface area contributed by atoms with E-state index in [1.54, 1.807) is 0 Å². The number of thiophene rings is 1. The van der Waals surface area contributed by atoms with Gasteiger partial charge in [0.2, 0.25) is 0 Å². The van der Waals surface area contributed by atoms with E-state index in [1.165, 1.54) is 56.5 Å². The van der Waals surface area contributed by atoms with E-state index in [4.69, 9.17) is 0 Å². The van der Waals surface area contributed by atoms with Crippen molar-refractivity contribution in [2.24, 2.45) is 4.99 Å². The third-order valence-electron chi connectivity index (χ3n) is 5.84. The molecule has 1 aliphatic heterocycles. The number of likely N-dealkylation sites (tertiary alicyclic amines) is 1. The summed E-state index contributed by atoms with van der Waals surface area (Å²) in [5.41, 5.74) is 0. The second-order valence-corrected chi connectivity index (χ2v) is 8.55. The zero-order valence-electron chi connectivity index (χ0n) is 16.8. The first-order valence-corrected chi connectivity index (χ1v) is 11.1. The highest BCUT2D eigenvalue weighted by Crippen LogP contribution is 2.27. The van der Waals surface area contributed by atoms with E-state index < -0.39 is 0 Å². The molecule has 0 radical (unpaired) electrons. The normalized spacial score (nSPS) is 20.0. The van der Waals surface area contributed by atoms with Gasteiger partial charge in [-0.1, -0.05) is 18.9 Å². The van der Waals surface area contributed by atoms with E-state index in [0.29, 0.717) is 6.04 Å². The fourth-order valence-corrected chi connectivity index (χ4v) is 5.10. The van der Waals surface area contributed by atoms with E-state index in [-0.39, 0.29) is 24.0 Å². The maximum atomic E-state index is 4.42. The first kappa shape index (κ1) is 22.9. The standard InChI is InChI=1S/C20H35N5S.HI/c1-21-20(22-11-14-24(2)17-8-3-4-9-17)23-16-18(19-10-7-15-26-19)25-12-5-6-13-25;/h7,10,15,17-18H,3-6,8-9,11-14,16H2,1-2H3,(H2,21,22,23);1H. The van der Waals surface area contributed by atoms with Crippen LogP contribution in [0.1, 0.15) is 49.4 Å². The summed E-state index contributed by atoms with van der Waals surface area (Å²) >= 11 is 1.86. The number of likely N-dealkylation sites (N-methyl/N-ethyl adjacent to an activating group) is 1. The molecule has 0 spiro atoms. The van der Waals surface area contributed by atoms with Crippen molar-refractivity contribution in [1.29, 1.82) is 0 Å². The first-order chi connectivity index (χ1) is 12.8. The predicted molar refractivity (Wildman–Crippen MR) is 128 cm³/mol. The first-order valence-electron chi connectivity index (χ1n) is 10.2. The fourth-order valence-electron chi connectivity index (χ4n) is 4.24. The Morgan fingerprint density at radius 1 is 1.26 bits per heavy atom. The van der Waals surface area contributed by atoms with E-state index >= 15 is 0 Å². The molecule has 2 aliphatic rings. The molecular weight excluding hydrogens is 469 g/mol. The third-order valence-corrected chi connectivity index (χ3v) is 6.82. The molecule has 5 nitrogen and oxygen atoms in total. The minimum Gasteiger partial charge on any atom is -0.355 e. The Kier molecular flexibility index (Phi) is 10.4. The lowest BCUT2D eigenvalue weighted by atomic mass is 10.2. The summed E-state index contributed by atoms with van der Waals surface area (Å²) < 4.78 is 0. The van der Waals surface area contributed by atoms with Crippen LogP contribution in [0.2, 0.25) is 0 Å². The highest BCUT2D eigenvalue weighted by molar-refractivity contribution is 14.0. The molecule has 0 amide bonds.